The van der Waals surface area contributed by atoms with Gasteiger partial charge in [0.25, 0.3) is 0 Å². The third-order valence-corrected chi connectivity index (χ3v) is 3.78. The molecular formula is C14H18BrN3. The number of benzene rings is 1. The molecule has 0 radical (unpaired) electrons. The maximum absolute atomic E-state index is 5.76. The van der Waals surface area contributed by atoms with Crippen LogP contribution in [0.5, 0.6) is 0 Å². The van der Waals surface area contributed by atoms with Gasteiger partial charge >= 0.3 is 0 Å². The molecule has 1 heterocycles. The lowest BCUT2D eigenvalue weighted by atomic mass is 10.1. The molecule has 2 N–H and O–H groups in total. The molecule has 0 amide bonds. The summed E-state index contributed by atoms with van der Waals surface area (Å²) >= 11 is 3.57. The Hall–Kier alpha value is -1.13. The molecule has 0 saturated carbocycles. The Morgan fingerprint density at radius 3 is 2.61 bits per heavy atom. The van der Waals surface area contributed by atoms with Crippen molar-refractivity contribution in [3.8, 4) is 0 Å². The lowest BCUT2D eigenvalue weighted by molar-refractivity contribution is 0.612. The molecule has 18 heavy (non-hydrogen) atoms. The topological polar surface area (TPSA) is 43.8 Å². The minimum absolute atomic E-state index is 0.425. The van der Waals surface area contributed by atoms with E-state index in [9.17, 15) is 0 Å². The zero-order valence-corrected chi connectivity index (χ0v) is 12.3. The summed E-state index contributed by atoms with van der Waals surface area (Å²) in [6.45, 7) is 5.66. The van der Waals surface area contributed by atoms with E-state index >= 15 is 0 Å². The van der Waals surface area contributed by atoms with E-state index in [1.165, 1.54) is 11.3 Å². The second-order valence-corrected chi connectivity index (χ2v) is 5.52. The van der Waals surface area contributed by atoms with Gasteiger partial charge in [-0.2, -0.15) is 5.10 Å². The number of hydrogen-bond acceptors (Lipinski definition) is 2. The number of nitrogens with zero attached hydrogens (tertiary/aromatic N) is 2. The molecule has 0 saturated heterocycles. The molecule has 2 aromatic rings. The van der Waals surface area contributed by atoms with Crippen molar-refractivity contribution in [1.82, 2.24) is 9.78 Å². The fourth-order valence-corrected chi connectivity index (χ4v) is 2.58. The summed E-state index contributed by atoms with van der Waals surface area (Å²) in [4.78, 5) is 0. The predicted molar refractivity (Wildman–Crippen MR) is 77.5 cm³/mol. The highest BCUT2D eigenvalue weighted by Gasteiger charge is 2.13. The molecule has 0 aliphatic rings. The van der Waals surface area contributed by atoms with Crippen molar-refractivity contribution in [3.05, 3.63) is 51.8 Å². The van der Waals surface area contributed by atoms with Crippen molar-refractivity contribution in [1.29, 1.82) is 0 Å². The van der Waals surface area contributed by atoms with Gasteiger partial charge in [-0.3, -0.25) is 4.68 Å². The fraction of sp³-hybridized carbons (Fsp3) is 0.357. The summed E-state index contributed by atoms with van der Waals surface area (Å²) in [5.74, 6) is 0.425. The monoisotopic (exact) mass is 307 g/mol. The van der Waals surface area contributed by atoms with Gasteiger partial charge < -0.3 is 5.73 Å². The van der Waals surface area contributed by atoms with Crippen molar-refractivity contribution < 1.29 is 0 Å². The third kappa shape index (κ3) is 2.65. The van der Waals surface area contributed by atoms with Crippen LogP contribution < -0.4 is 5.73 Å². The Kier molecular flexibility index (Phi) is 4.19. The first-order valence-corrected chi connectivity index (χ1v) is 6.90. The maximum Gasteiger partial charge on any atom is 0.0673 e. The van der Waals surface area contributed by atoms with Crippen LogP contribution in [0.4, 0.5) is 0 Å². The second-order valence-electron chi connectivity index (χ2n) is 4.66. The smallest absolute Gasteiger partial charge is 0.0673 e. The summed E-state index contributed by atoms with van der Waals surface area (Å²) < 4.78 is 3.16. The molecule has 2 rings (SSSR count). The fourth-order valence-electron chi connectivity index (χ4n) is 2.17. The molecule has 1 aromatic heterocycles. The number of nitrogens with two attached hydrogens (primary N) is 1. The summed E-state index contributed by atoms with van der Waals surface area (Å²) in [5, 5.41) is 4.46. The van der Waals surface area contributed by atoms with E-state index in [0.717, 1.165) is 16.6 Å². The number of hydrogen-bond donors (Lipinski definition) is 1. The first-order valence-electron chi connectivity index (χ1n) is 6.11. The Labute approximate surface area is 116 Å². The molecule has 0 unspecified atom stereocenters. The van der Waals surface area contributed by atoms with Gasteiger partial charge in [-0.15, -0.1) is 0 Å². The number of aromatic nitrogens is 2. The van der Waals surface area contributed by atoms with Crippen molar-refractivity contribution in [2.75, 3.05) is 0 Å². The maximum atomic E-state index is 5.76. The summed E-state index contributed by atoms with van der Waals surface area (Å²) in [6.07, 6.45) is 1.88. The normalized spacial score (nSPS) is 11.2. The Morgan fingerprint density at radius 1 is 1.28 bits per heavy atom. The highest BCUT2D eigenvalue weighted by Crippen LogP contribution is 2.22. The average molecular weight is 308 g/mol. The lowest BCUT2D eigenvalue weighted by Gasteiger charge is -2.13. The SMILES string of the molecule is CC(C)c1c(CN)cnn1Cc1ccccc1Br. The van der Waals surface area contributed by atoms with E-state index in [0.29, 0.717) is 12.5 Å². The van der Waals surface area contributed by atoms with E-state index in [4.69, 9.17) is 5.73 Å². The van der Waals surface area contributed by atoms with Gasteiger partial charge in [0, 0.05) is 22.3 Å². The molecule has 0 aliphatic carbocycles. The average Bonchev–Trinajstić information content (AvgIpc) is 2.75. The van der Waals surface area contributed by atoms with Crippen LogP contribution in [0.15, 0.2) is 34.9 Å². The molecule has 4 heteroatoms. The van der Waals surface area contributed by atoms with Crippen LogP contribution in [-0.2, 0) is 13.1 Å². The highest BCUT2D eigenvalue weighted by molar-refractivity contribution is 9.10. The van der Waals surface area contributed by atoms with Gasteiger partial charge in [-0.1, -0.05) is 48.0 Å². The van der Waals surface area contributed by atoms with Gasteiger partial charge in [0.1, 0.15) is 0 Å². The first kappa shape index (κ1) is 13.3. The van der Waals surface area contributed by atoms with E-state index < -0.39 is 0 Å². The van der Waals surface area contributed by atoms with Crippen LogP contribution >= 0.6 is 15.9 Å². The zero-order valence-electron chi connectivity index (χ0n) is 10.7. The molecule has 0 fully saturated rings. The summed E-state index contributed by atoms with van der Waals surface area (Å²) in [6, 6.07) is 8.23. The standard InChI is InChI=1S/C14H18BrN3/c1-10(2)14-12(7-16)8-17-18(14)9-11-5-3-4-6-13(11)15/h3-6,8,10H,7,9,16H2,1-2H3. The van der Waals surface area contributed by atoms with Crippen molar-refractivity contribution in [2.45, 2.75) is 32.9 Å². The number of halogens is 1. The van der Waals surface area contributed by atoms with E-state index in [1.54, 1.807) is 0 Å². The highest BCUT2D eigenvalue weighted by atomic mass is 79.9. The molecule has 96 valence electrons. The zero-order chi connectivity index (χ0) is 13.1. The molecule has 1 aromatic carbocycles. The van der Waals surface area contributed by atoms with Crippen molar-refractivity contribution >= 4 is 15.9 Å². The van der Waals surface area contributed by atoms with Crippen LogP contribution in [0, 0.1) is 0 Å². The van der Waals surface area contributed by atoms with E-state index in [2.05, 4.69) is 47.0 Å². The Balaban J connectivity index is 2.35. The predicted octanol–water partition coefficient (Wildman–Crippen LogP) is 3.28. The first-order chi connectivity index (χ1) is 8.63. The number of rotatable bonds is 4. The third-order valence-electron chi connectivity index (χ3n) is 3.00. The summed E-state index contributed by atoms with van der Waals surface area (Å²) in [5.41, 5.74) is 9.36. The molecular weight excluding hydrogens is 290 g/mol. The van der Waals surface area contributed by atoms with Crippen LogP contribution in [0.25, 0.3) is 0 Å². The van der Waals surface area contributed by atoms with Gasteiger partial charge in [0.15, 0.2) is 0 Å². The molecule has 0 aliphatic heterocycles. The van der Waals surface area contributed by atoms with Crippen molar-refractivity contribution in [3.63, 3.8) is 0 Å². The van der Waals surface area contributed by atoms with Crippen LogP contribution in [0.1, 0.15) is 36.6 Å². The lowest BCUT2D eigenvalue weighted by Crippen LogP contribution is -2.10. The minimum Gasteiger partial charge on any atom is -0.326 e. The quantitative estimate of drug-likeness (QED) is 0.942. The molecule has 3 nitrogen and oxygen atoms in total. The van der Waals surface area contributed by atoms with Gasteiger partial charge in [-0.05, 0) is 17.5 Å². The van der Waals surface area contributed by atoms with Gasteiger partial charge in [-0.25, -0.2) is 0 Å². The largest absolute Gasteiger partial charge is 0.326 e. The Morgan fingerprint density at radius 2 is 2.00 bits per heavy atom. The molecule has 0 spiro atoms. The van der Waals surface area contributed by atoms with E-state index in [-0.39, 0.29) is 0 Å². The van der Waals surface area contributed by atoms with Crippen molar-refractivity contribution in [2.24, 2.45) is 5.73 Å². The van der Waals surface area contributed by atoms with Crippen LogP contribution in [-0.4, -0.2) is 9.78 Å². The van der Waals surface area contributed by atoms with E-state index in [1.807, 2.05) is 23.0 Å². The minimum atomic E-state index is 0.425. The summed E-state index contributed by atoms with van der Waals surface area (Å²) in [7, 11) is 0. The van der Waals surface area contributed by atoms with Gasteiger partial charge in [0.05, 0.1) is 12.7 Å². The molecule has 0 bridgehead atoms. The van der Waals surface area contributed by atoms with Crippen LogP contribution in [0.3, 0.4) is 0 Å². The second kappa shape index (κ2) is 5.67. The molecule has 0 atom stereocenters. The van der Waals surface area contributed by atoms with Gasteiger partial charge in [0.2, 0.25) is 0 Å². The van der Waals surface area contributed by atoms with Crippen LogP contribution in [0.2, 0.25) is 0 Å². The Bertz CT molecular complexity index is 532.